The van der Waals surface area contributed by atoms with Gasteiger partial charge in [0.1, 0.15) is 5.69 Å². The molecule has 112 valence electrons. The SMILES string of the molecule is Cn1cc(CN2CCN(C(=O)c3[nH]ncc3I)CC2)cn1. The van der Waals surface area contributed by atoms with Crippen LogP contribution in [0.2, 0.25) is 0 Å². The third-order valence-electron chi connectivity index (χ3n) is 3.63. The zero-order valence-electron chi connectivity index (χ0n) is 11.8. The first-order chi connectivity index (χ1) is 10.1. The summed E-state index contributed by atoms with van der Waals surface area (Å²) in [6.07, 6.45) is 5.60. The summed E-state index contributed by atoms with van der Waals surface area (Å²) in [6.45, 7) is 4.14. The van der Waals surface area contributed by atoms with Crippen molar-refractivity contribution in [2.75, 3.05) is 26.2 Å². The summed E-state index contributed by atoms with van der Waals surface area (Å²) in [5.74, 6) is 0.0397. The van der Waals surface area contributed by atoms with Crippen molar-refractivity contribution in [2.24, 2.45) is 7.05 Å². The van der Waals surface area contributed by atoms with Crippen LogP contribution in [0.25, 0.3) is 0 Å². The fourth-order valence-electron chi connectivity index (χ4n) is 2.50. The molecule has 1 saturated heterocycles. The number of hydrogen-bond acceptors (Lipinski definition) is 4. The van der Waals surface area contributed by atoms with E-state index in [0.717, 1.165) is 36.3 Å². The molecule has 3 heterocycles. The highest BCUT2D eigenvalue weighted by Crippen LogP contribution is 2.13. The second kappa shape index (κ2) is 6.14. The molecule has 1 aliphatic heterocycles. The first kappa shape index (κ1) is 14.5. The predicted molar refractivity (Wildman–Crippen MR) is 85.7 cm³/mol. The van der Waals surface area contributed by atoms with Crippen LogP contribution in [0.3, 0.4) is 0 Å². The Morgan fingerprint density at radius 2 is 2.10 bits per heavy atom. The number of amides is 1. The average molecular weight is 400 g/mol. The molecule has 2 aromatic heterocycles. The smallest absolute Gasteiger partial charge is 0.273 e. The molecule has 0 aromatic carbocycles. The number of rotatable bonds is 3. The molecule has 1 aliphatic rings. The Bertz CT molecular complexity index is 628. The van der Waals surface area contributed by atoms with Crippen molar-refractivity contribution in [1.82, 2.24) is 29.8 Å². The lowest BCUT2D eigenvalue weighted by Crippen LogP contribution is -2.48. The van der Waals surface area contributed by atoms with Gasteiger partial charge in [-0.2, -0.15) is 10.2 Å². The van der Waals surface area contributed by atoms with Gasteiger partial charge in [0.05, 0.1) is 16.0 Å². The highest BCUT2D eigenvalue weighted by molar-refractivity contribution is 14.1. The Morgan fingerprint density at radius 3 is 2.67 bits per heavy atom. The number of hydrogen-bond donors (Lipinski definition) is 1. The number of H-pyrrole nitrogens is 1. The highest BCUT2D eigenvalue weighted by atomic mass is 127. The van der Waals surface area contributed by atoms with E-state index < -0.39 is 0 Å². The first-order valence-corrected chi connectivity index (χ1v) is 7.89. The maximum absolute atomic E-state index is 12.4. The van der Waals surface area contributed by atoms with Crippen LogP contribution in [-0.4, -0.2) is 61.9 Å². The fraction of sp³-hybridized carbons (Fsp3) is 0.462. The molecule has 8 heteroatoms. The molecule has 0 atom stereocenters. The lowest BCUT2D eigenvalue weighted by atomic mass is 10.2. The van der Waals surface area contributed by atoms with Crippen LogP contribution in [-0.2, 0) is 13.6 Å². The molecule has 0 saturated carbocycles. The molecule has 0 aliphatic carbocycles. The Hall–Kier alpha value is -1.42. The summed E-state index contributed by atoms with van der Waals surface area (Å²) in [6, 6.07) is 0. The molecule has 0 unspecified atom stereocenters. The van der Waals surface area contributed by atoms with Gasteiger partial charge in [-0.05, 0) is 22.6 Å². The normalized spacial score (nSPS) is 16.4. The number of aromatic amines is 1. The third kappa shape index (κ3) is 3.26. The van der Waals surface area contributed by atoms with Crippen LogP contribution < -0.4 is 0 Å². The molecule has 1 N–H and O–H groups in total. The van der Waals surface area contributed by atoms with Crippen molar-refractivity contribution in [2.45, 2.75) is 6.54 Å². The number of carbonyl (C=O) groups is 1. The molecule has 1 fully saturated rings. The molecule has 1 amide bonds. The van der Waals surface area contributed by atoms with Crippen LogP contribution in [0.15, 0.2) is 18.6 Å². The van der Waals surface area contributed by atoms with E-state index in [1.807, 2.05) is 29.0 Å². The predicted octanol–water partition coefficient (Wildman–Crippen LogP) is 0.706. The van der Waals surface area contributed by atoms with E-state index >= 15 is 0 Å². The molecule has 0 spiro atoms. The molecule has 3 rings (SSSR count). The van der Waals surface area contributed by atoms with E-state index in [-0.39, 0.29) is 5.91 Å². The minimum Gasteiger partial charge on any atom is -0.335 e. The van der Waals surface area contributed by atoms with Gasteiger partial charge < -0.3 is 4.90 Å². The van der Waals surface area contributed by atoms with Gasteiger partial charge in [-0.25, -0.2) is 0 Å². The number of aryl methyl sites for hydroxylation is 1. The van der Waals surface area contributed by atoms with Crippen LogP contribution in [0.1, 0.15) is 16.1 Å². The summed E-state index contributed by atoms with van der Waals surface area (Å²) in [5, 5.41) is 10.9. The molecule has 7 nitrogen and oxygen atoms in total. The zero-order chi connectivity index (χ0) is 14.8. The average Bonchev–Trinajstić information content (AvgIpc) is 3.08. The molecule has 0 radical (unpaired) electrons. The van der Waals surface area contributed by atoms with E-state index in [2.05, 4.69) is 42.8 Å². The number of piperazine rings is 1. The maximum Gasteiger partial charge on any atom is 0.273 e. The standard InChI is InChI=1S/C13H17IN6O/c1-18-8-10(6-16-18)9-19-2-4-20(5-3-19)13(21)12-11(14)7-15-17-12/h6-8H,2-5,9H2,1H3,(H,15,17). The summed E-state index contributed by atoms with van der Waals surface area (Å²) >= 11 is 2.13. The highest BCUT2D eigenvalue weighted by Gasteiger charge is 2.24. The van der Waals surface area contributed by atoms with Crippen molar-refractivity contribution in [3.05, 3.63) is 33.4 Å². The number of halogens is 1. The van der Waals surface area contributed by atoms with E-state index in [0.29, 0.717) is 5.69 Å². The Morgan fingerprint density at radius 1 is 1.33 bits per heavy atom. The monoisotopic (exact) mass is 400 g/mol. The minimum atomic E-state index is 0.0397. The van der Waals surface area contributed by atoms with E-state index in [1.165, 1.54) is 5.56 Å². The van der Waals surface area contributed by atoms with E-state index in [9.17, 15) is 4.79 Å². The van der Waals surface area contributed by atoms with Gasteiger partial charge in [0, 0.05) is 51.5 Å². The van der Waals surface area contributed by atoms with Gasteiger partial charge in [0.2, 0.25) is 0 Å². The van der Waals surface area contributed by atoms with Gasteiger partial charge >= 0.3 is 0 Å². The topological polar surface area (TPSA) is 70.0 Å². The van der Waals surface area contributed by atoms with Crippen molar-refractivity contribution >= 4 is 28.5 Å². The molecule has 2 aromatic rings. The second-order valence-electron chi connectivity index (χ2n) is 5.18. The Labute approximate surface area is 136 Å². The van der Waals surface area contributed by atoms with Crippen molar-refractivity contribution in [3.8, 4) is 0 Å². The molecule has 21 heavy (non-hydrogen) atoms. The zero-order valence-corrected chi connectivity index (χ0v) is 13.9. The number of nitrogens with one attached hydrogen (secondary N) is 1. The van der Waals surface area contributed by atoms with Crippen molar-refractivity contribution in [3.63, 3.8) is 0 Å². The maximum atomic E-state index is 12.4. The lowest BCUT2D eigenvalue weighted by molar-refractivity contribution is 0.0621. The Balaban J connectivity index is 1.55. The number of aromatic nitrogens is 4. The second-order valence-corrected chi connectivity index (χ2v) is 6.35. The van der Waals surface area contributed by atoms with Gasteiger partial charge in [0.25, 0.3) is 5.91 Å². The summed E-state index contributed by atoms with van der Waals surface area (Å²) in [4.78, 5) is 16.6. The Kier molecular flexibility index (Phi) is 4.24. The van der Waals surface area contributed by atoms with Crippen molar-refractivity contribution in [1.29, 1.82) is 0 Å². The number of carbonyl (C=O) groups excluding carboxylic acids is 1. The lowest BCUT2D eigenvalue weighted by Gasteiger charge is -2.34. The minimum absolute atomic E-state index is 0.0397. The summed E-state index contributed by atoms with van der Waals surface area (Å²) in [7, 11) is 1.92. The fourth-order valence-corrected chi connectivity index (χ4v) is 2.99. The summed E-state index contributed by atoms with van der Waals surface area (Å²) < 4.78 is 2.69. The van der Waals surface area contributed by atoms with Crippen LogP contribution in [0.5, 0.6) is 0 Å². The van der Waals surface area contributed by atoms with E-state index in [1.54, 1.807) is 6.20 Å². The van der Waals surface area contributed by atoms with Crippen molar-refractivity contribution < 1.29 is 4.79 Å². The van der Waals surface area contributed by atoms with Gasteiger partial charge in [-0.1, -0.05) is 0 Å². The molecular weight excluding hydrogens is 383 g/mol. The van der Waals surface area contributed by atoms with Gasteiger partial charge in [-0.3, -0.25) is 19.5 Å². The van der Waals surface area contributed by atoms with Gasteiger partial charge in [-0.15, -0.1) is 0 Å². The molecular formula is C13H17IN6O. The van der Waals surface area contributed by atoms with Crippen LogP contribution >= 0.6 is 22.6 Å². The number of nitrogens with zero attached hydrogens (tertiary/aromatic N) is 5. The quantitative estimate of drug-likeness (QED) is 0.771. The summed E-state index contributed by atoms with van der Waals surface area (Å²) in [5.41, 5.74) is 1.80. The first-order valence-electron chi connectivity index (χ1n) is 6.81. The van der Waals surface area contributed by atoms with Crippen LogP contribution in [0, 0.1) is 3.57 Å². The largest absolute Gasteiger partial charge is 0.335 e. The van der Waals surface area contributed by atoms with Gasteiger partial charge in [0.15, 0.2) is 0 Å². The molecule has 0 bridgehead atoms. The van der Waals surface area contributed by atoms with E-state index in [4.69, 9.17) is 0 Å². The third-order valence-corrected chi connectivity index (χ3v) is 4.45. The van der Waals surface area contributed by atoms with Crippen LogP contribution in [0.4, 0.5) is 0 Å².